The Kier molecular flexibility index (Phi) is 5.01. The Morgan fingerprint density at radius 3 is 2.94 bits per heavy atom. The summed E-state index contributed by atoms with van der Waals surface area (Å²) in [5, 5.41) is 3.30. The van der Waals surface area contributed by atoms with Gasteiger partial charge in [-0.05, 0) is 39.2 Å². The van der Waals surface area contributed by atoms with Crippen LogP contribution >= 0.6 is 0 Å². The molecule has 0 aromatic carbocycles. The third kappa shape index (κ3) is 3.69. The number of carbonyl (C=O) groups excluding carboxylic acids is 1. The molecule has 2 rings (SSSR count). The summed E-state index contributed by atoms with van der Waals surface area (Å²) in [4.78, 5) is 16.6. The summed E-state index contributed by atoms with van der Waals surface area (Å²) >= 11 is 0. The molecule has 2 aliphatic heterocycles. The number of nitrogens with one attached hydrogen (secondary N) is 1. The van der Waals surface area contributed by atoms with Crippen molar-refractivity contribution in [1.82, 2.24) is 15.1 Å². The summed E-state index contributed by atoms with van der Waals surface area (Å²) in [5.41, 5.74) is 0. The van der Waals surface area contributed by atoms with Crippen molar-refractivity contribution >= 4 is 5.91 Å². The first-order valence-corrected chi connectivity index (χ1v) is 7.39. The summed E-state index contributed by atoms with van der Waals surface area (Å²) in [6.07, 6.45) is 3.23. The van der Waals surface area contributed by atoms with Gasteiger partial charge in [-0.15, -0.1) is 0 Å². The lowest BCUT2D eigenvalue weighted by Crippen LogP contribution is -2.45. The fourth-order valence-electron chi connectivity index (χ4n) is 3.04. The molecule has 1 N–H and O–H groups in total. The molecule has 0 radical (unpaired) electrons. The molecule has 0 saturated carbocycles. The maximum Gasteiger partial charge on any atom is 0.223 e. The van der Waals surface area contributed by atoms with Gasteiger partial charge in [-0.1, -0.05) is 0 Å². The first-order valence-electron chi connectivity index (χ1n) is 7.39. The molecular weight excluding hydrogens is 226 g/mol. The van der Waals surface area contributed by atoms with E-state index >= 15 is 0 Å². The van der Waals surface area contributed by atoms with Crippen molar-refractivity contribution in [2.45, 2.75) is 39.2 Å². The summed E-state index contributed by atoms with van der Waals surface area (Å²) in [5.74, 6) is 1.00. The first-order chi connectivity index (χ1) is 8.66. The number of rotatable bonds is 3. The highest BCUT2D eigenvalue weighted by molar-refractivity contribution is 5.76. The topological polar surface area (TPSA) is 35.6 Å². The second kappa shape index (κ2) is 6.53. The lowest BCUT2D eigenvalue weighted by molar-refractivity contribution is -0.131. The Hall–Kier alpha value is -0.610. The number of hydrogen-bond acceptors (Lipinski definition) is 3. The SMILES string of the molecule is CC(C)N1CCCC(CN2CCNCCC2=O)C1. The van der Waals surface area contributed by atoms with Crippen molar-refractivity contribution in [2.75, 3.05) is 39.3 Å². The van der Waals surface area contributed by atoms with Crippen molar-refractivity contribution in [2.24, 2.45) is 5.92 Å². The molecule has 4 nitrogen and oxygen atoms in total. The summed E-state index contributed by atoms with van der Waals surface area (Å²) in [6, 6.07) is 0.634. The van der Waals surface area contributed by atoms with Gasteiger partial charge in [-0.3, -0.25) is 4.79 Å². The van der Waals surface area contributed by atoms with E-state index < -0.39 is 0 Å². The van der Waals surface area contributed by atoms with Crippen LogP contribution in [0.2, 0.25) is 0 Å². The van der Waals surface area contributed by atoms with Crippen LogP contribution in [0.4, 0.5) is 0 Å². The largest absolute Gasteiger partial charge is 0.341 e. The van der Waals surface area contributed by atoms with Gasteiger partial charge in [-0.25, -0.2) is 0 Å². The van der Waals surface area contributed by atoms with Gasteiger partial charge < -0.3 is 15.1 Å². The van der Waals surface area contributed by atoms with E-state index in [1.807, 2.05) is 0 Å². The highest BCUT2D eigenvalue weighted by Gasteiger charge is 2.25. The Balaban J connectivity index is 1.85. The predicted octanol–water partition coefficient (Wildman–Crippen LogP) is 0.929. The zero-order valence-corrected chi connectivity index (χ0v) is 11.8. The lowest BCUT2D eigenvalue weighted by atomic mass is 9.96. The first kappa shape index (κ1) is 13.8. The Morgan fingerprint density at radius 2 is 2.17 bits per heavy atom. The number of nitrogens with zero attached hydrogens (tertiary/aromatic N) is 2. The van der Waals surface area contributed by atoms with E-state index in [0.29, 0.717) is 24.3 Å². The fourth-order valence-corrected chi connectivity index (χ4v) is 3.04. The predicted molar refractivity (Wildman–Crippen MR) is 73.5 cm³/mol. The van der Waals surface area contributed by atoms with Crippen LogP contribution in [0.25, 0.3) is 0 Å². The Bertz CT molecular complexity index is 280. The minimum atomic E-state index is 0.335. The van der Waals surface area contributed by atoms with Crippen LogP contribution in [0.1, 0.15) is 33.1 Å². The number of piperidine rings is 1. The van der Waals surface area contributed by atoms with E-state index in [0.717, 1.165) is 32.7 Å². The number of amides is 1. The van der Waals surface area contributed by atoms with Crippen LogP contribution in [-0.4, -0.2) is 61.0 Å². The molecule has 0 aromatic rings. The third-order valence-corrected chi connectivity index (χ3v) is 4.19. The molecule has 2 fully saturated rings. The molecule has 2 aliphatic rings. The Labute approximate surface area is 111 Å². The maximum absolute atomic E-state index is 12.0. The smallest absolute Gasteiger partial charge is 0.223 e. The normalized spacial score (nSPS) is 27.6. The van der Waals surface area contributed by atoms with Crippen LogP contribution in [0.15, 0.2) is 0 Å². The van der Waals surface area contributed by atoms with E-state index in [2.05, 4.69) is 29.0 Å². The minimum Gasteiger partial charge on any atom is -0.341 e. The summed E-state index contributed by atoms with van der Waals surface area (Å²) in [6.45, 7) is 10.6. The fraction of sp³-hybridized carbons (Fsp3) is 0.929. The van der Waals surface area contributed by atoms with Crippen LogP contribution in [0.3, 0.4) is 0 Å². The minimum absolute atomic E-state index is 0.335. The van der Waals surface area contributed by atoms with Crippen molar-refractivity contribution in [3.63, 3.8) is 0 Å². The van der Waals surface area contributed by atoms with Gasteiger partial charge in [0.1, 0.15) is 0 Å². The molecule has 1 unspecified atom stereocenters. The number of hydrogen-bond donors (Lipinski definition) is 1. The molecule has 0 spiro atoms. The Morgan fingerprint density at radius 1 is 1.33 bits per heavy atom. The molecule has 0 aliphatic carbocycles. The van der Waals surface area contributed by atoms with Crippen molar-refractivity contribution < 1.29 is 4.79 Å². The maximum atomic E-state index is 12.0. The molecule has 2 heterocycles. The van der Waals surface area contributed by atoms with Gasteiger partial charge in [0.15, 0.2) is 0 Å². The van der Waals surface area contributed by atoms with Gasteiger partial charge in [0.25, 0.3) is 0 Å². The molecule has 2 saturated heterocycles. The second-order valence-corrected chi connectivity index (χ2v) is 5.94. The standard InChI is InChI=1S/C14H27N3O/c1-12(2)16-8-3-4-13(10-16)11-17-9-7-15-6-5-14(17)18/h12-13,15H,3-11H2,1-2H3. The molecule has 104 valence electrons. The van der Waals surface area contributed by atoms with Crippen molar-refractivity contribution in [3.8, 4) is 0 Å². The van der Waals surface area contributed by atoms with Gasteiger partial charge in [-0.2, -0.15) is 0 Å². The highest BCUT2D eigenvalue weighted by atomic mass is 16.2. The summed E-state index contributed by atoms with van der Waals surface area (Å²) in [7, 11) is 0. The molecule has 1 amide bonds. The lowest BCUT2D eigenvalue weighted by Gasteiger charge is -2.37. The van der Waals surface area contributed by atoms with Gasteiger partial charge >= 0.3 is 0 Å². The molecular formula is C14H27N3O. The van der Waals surface area contributed by atoms with E-state index in [9.17, 15) is 4.79 Å². The van der Waals surface area contributed by atoms with Crippen molar-refractivity contribution in [1.29, 1.82) is 0 Å². The zero-order chi connectivity index (χ0) is 13.0. The van der Waals surface area contributed by atoms with E-state index in [1.54, 1.807) is 0 Å². The molecule has 18 heavy (non-hydrogen) atoms. The molecule has 4 heteroatoms. The van der Waals surface area contributed by atoms with E-state index in [4.69, 9.17) is 0 Å². The summed E-state index contributed by atoms with van der Waals surface area (Å²) < 4.78 is 0. The molecule has 0 bridgehead atoms. The van der Waals surface area contributed by atoms with Crippen LogP contribution < -0.4 is 5.32 Å². The molecule has 0 aromatic heterocycles. The second-order valence-electron chi connectivity index (χ2n) is 5.94. The number of likely N-dealkylation sites (tertiary alicyclic amines) is 1. The average molecular weight is 253 g/mol. The van der Waals surface area contributed by atoms with E-state index in [1.165, 1.54) is 19.4 Å². The van der Waals surface area contributed by atoms with Crippen LogP contribution in [0, 0.1) is 5.92 Å². The van der Waals surface area contributed by atoms with Gasteiger partial charge in [0.2, 0.25) is 5.91 Å². The number of carbonyl (C=O) groups is 1. The molecule has 1 atom stereocenters. The monoisotopic (exact) mass is 253 g/mol. The third-order valence-electron chi connectivity index (χ3n) is 4.19. The van der Waals surface area contributed by atoms with Crippen molar-refractivity contribution in [3.05, 3.63) is 0 Å². The van der Waals surface area contributed by atoms with Crippen LogP contribution in [-0.2, 0) is 4.79 Å². The zero-order valence-electron chi connectivity index (χ0n) is 11.8. The average Bonchev–Trinajstić information content (AvgIpc) is 2.55. The van der Waals surface area contributed by atoms with Gasteiger partial charge in [0.05, 0.1) is 0 Å². The van der Waals surface area contributed by atoms with E-state index in [-0.39, 0.29) is 0 Å². The van der Waals surface area contributed by atoms with Gasteiger partial charge in [0, 0.05) is 45.2 Å². The quantitative estimate of drug-likeness (QED) is 0.813. The van der Waals surface area contributed by atoms with Crippen LogP contribution in [0.5, 0.6) is 0 Å². The highest BCUT2D eigenvalue weighted by Crippen LogP contribution is 2.19.